The molecule has 0 unspecified atom stereocenters. The third kappa shape index (κ3) is 2.93. The first-order chi connectivity index (χ1) is 9.13. The van der Waals surface area contributed by atoms with Gasteiger partial charge in [-0.1, -0.05) is 6.92 Å². The molecule has 0 fully saturated rings. The number of hydrogen-bond donors (Lipinski definition) is 2. The molecule has 0 saturated heterocycles. The van der Waals surface area contributed by atoms with E-state index in [4.69, 9.17) is 5.73 Å². The lowest BCUT2D eigenvalue weighted by molar-refractivity contribution is 0.0945. The Balaban J connectivity index is 1.98. The SMILES string of the molecule is CCc1nn(C)c(C(=O)NCCc2cscn2)c1N. The summed E-state index contributed by atoms with van der Waals surface area (Å²) in [6, 6.07) is 0. The normalized spacial score (nSPS) is 10.6. The Kier molecular flexibility index (Phi) is 4.16. The highest BCUT2D eigenvalue weighted by molar-refractivity contribution is 7.07. The maximum Gasteiger partial charge on any atom is 0.271 e. The van der Waals surface area contributed by atoms with Gasteiger partial charge >= 0.3 is 0 Å². The number of rotatable bonds is 5. The van der Waals surface area contributed by atoms with Crippen molar-refractivity contribution in [2.24, 2.45) is 7.05 Å². The van der Waals surface area contributed by atoms with Crippen molar-refractivity contribution in [1.29, 1.82) is 0 Å². The fourth-order valence-corrected chi connectivity index (χ4v) is 2.47. The van der Waals surface area contributed by atoms with Gasteiger partial charge in [0, 0.05) is 25.4 Å². The van der Waals surface area contributed by atoms with Crippen LogP contribution in [0.4, 0.5) is 5.69 Å². The van der Waals surface area contributed by atoms with E-state index in [2.05, 4.69) is 15.4 Å². The van der Waals surface area contributed by atoms with Crippen LogP contribution in [-0.4, -0.2) is 27.2 Å². The molecular formula is C12H17N5OS. The molecule has 1 amide bonds. The Morgan fingerprint density at radius 1 is 1.58 bits per heavy atom. The Hall–Kier alpha value is -1.89. The van der Waals surface area contributed by atoms with Crippen molar-refractivity contribution in [3.8, 4) is 0 Å². The predicted molar refractivity (Wildman–Crippen MR) is 75.1 cm³/mol. The monoisotopic (exact) mass is 279 g/mol. The molecule has 0 bridgehead atoms. The van der Waals surface area contributed by atoms with Crippen molar-refractivity contribution >= 4 is 22.9 Å². The second kappa shape index (κ2) is 5.83. The molecule has 0 aliphatic heterocycles. The molecule has 0 saturated carbocycles. The molecule has 2 aromatic heterocycles. The highest BCUT2D eigenvalue weighted by Crippen LogP contribution is 2.16. The van der Waals surface area contributed by atoms with Crippen LogP contribution in [0.25, 0.3) is 0 Å². The van der Waals surface area contributed by atoms with Gasteiger partial charge in [0.1, 0.15) is 5.69 Å². The number of amides is 1. The van der Waals surface area contributed by atoms with Gasteiger partial charge in [-0.3, -0.25) is 9.48 Å². The molecule has 0 spiro atoms. The summed E-state index contributed by atoms with van der Waals surface area (Å²) in [5, 5.41) is 9.04. The molecule has 0 aliphatic rings. The molecule has 0 radical (unpaired) electrons. The van der Waals surface area contributed by atoms with E-state index < -0.39 is 0 Å². The summed E-state index contributed by atoms with van der Waals surface area (Å²) in [5.41, 5.74) is 10.3. The number of thiazole rings is 1. The van der Waals surface area contributed by atoms with Gasteiger partial charge in [0.15, 0.2) is 0 Å². The van der Waals surface area contributed by atoms with Gasteiger partial charge in [-0.2, -0.15) is 5.10 Å². The Bertz CT molecular complexity index is 561. The van der Waals surface area contributed by atoms with Gasteiger partial charge in [-0.15, -0.1) is 11.3 Å². The lowest BCUT2D eigenvalue weighted by atomic mass is 10.2. The van der Waals surface area contributed by atoms with Crippen LogP contribution >= 0.6 is 11.3 Å². The van der Waals surface area contributed by atoms with Crippen molar-refractivity contribution in [2.45, 2.75) is 19.8 Å². The number of anilines is 1. The van der Waals surface area contributed by atoms with Crippen LogP contribution < -0.4 is 11.1 Å². The second-order valence-electron chi connectivity index (χ2n) is 4.17. The number of aryl methyl sites for hydroxylation is 2. The van der Waals surface area contributed by atoms with Gasteiger partial charge in [0.2, 0.25) is 0 Å². The van der Waals surface area contributed by atoms with Gasteiger partial charge in [0.25, 0.3) is 5.91 Å². The van der Waals surface area contributed by atoms with Crippen LogP contribution in [0.5, 0.6) is 0 Å². The molecule has 19 heavy (non-hydrogen) atoms. The first-order valence-corrected chi connectivity index (χ1v) is 7.04. The van der Waals surface area contributed by atoms with Crippen molar-refractivity contribution in [2.75, 3.05) is 12.3 Å². The number of hydrogen-bond acceptors (Lipinski definition) is 5. The van der Waals surface area contributed by atoms with Gasteiger partial charge in [-0.05, 0) is 6.42 Å². The molecule has 7 heteroatoms. The second-order valence-corrected chi connectivity index (χ2v) is 4.89. The van der Waals surface area contributed by atoms with Crippen molar-refractivity contribution in [3.05, 3.63) is 28.0 Å². The molecule has 0 aliphatic carbocycles. The fraction of sp³-hybridized carbons (Fsp3) is 0.417. The Labute approximate surface area is 115 Å². The highest BCUT2D eigenvalue weighted by Gasteiger charge is 2.18. The third-order valence-corrected chi connectivity index (χ3v) is 3.50. The summed E-state index contributed by atoms with van der Waals surface area (Å²) < 4.78 is 1.53. The molecule has 2 aromatic rings. The lowest BCUT2D eigenvalue weighted by Crippen LogP contribution is -2.28. The van der Waals surface area contributed by atoms with E-state index in [0.717, 1.165) is 11.4 Å². The van der Waals surface area contributed by atoms with E-state index in [1.54, 1.807) is 23.9 Å². The Morgan fingerprint density at radius 2 is 2.37 bits per heavy atom. The molecule has 2 rings (SSSR count). The summed E-state index contributed by atoms with van der Waals surface area (Å²) in [5.74, 6) is -0.192. The molecule has 0 aromatic carbocycles. The summed E-state index contributed by atoms with van der Waals surface area (Å²) in [4.78, 5) is 16.2. The zero-order chi connectivity index (χ0) is 13.8. The average Bonchev–Trinajstić information content (AvgIpc) is 2.97. The van der Waals surface area contributed by atoms with E-state index >= 15 is 0 Å². The van der Waals surface area contributed by atoms with Gasteiger partial charge < -0.3 is 11.1 Å². The van der Waals surface area contributed by atoms with Gasteiger partial charge in [-0.25, -0.2) is 4.98 Å². The predicted octanol–water partition coefficient (Wildman–Crippen LogP) is 0.994. The topological polar surface area (TPSA) is 85.8 Å². The molecule has 3 N–H and O–H groups in total. The molecule has 2 heterocycles. The van der Waals surface area contributed by atoms with E-state index in [-0.39, 0.29) is 5.91 Å². The summed E-state index contributed by atoms with van der Waals surface area (Å²) in [6.45, 7) is 2.50. The smallest absolute Gasteiger partial charge is 0.271 e. The minimum atomic E-state index is -0.192. The van der Waals surface area contributed by atoms with E-state index in [1.807, 2.05) is 12.3 Å². The van der Waals surface area contributed by atoms with Crippen LogP contribution in [0, 0.1) is 0 Å². The summed E-state index contributed by atoms with van der Waals surface area (Å²) in [6.07, 6.45) is 1.43. The molecule has 6 nitrogen and oxygen atoms in total. The number of nitrogens with one attached hydrogen (secondary N) is 1. The number of nitrogens with two attached hydrogens (primary N) is 1. The van der Waals surface area contributed by atoms with E-state index in [1.165, 1.54) is 4.68 Å². The van der Waals surface area contributed by atoms with Gasteiger partial charge in [0.05, 0.1) is 22.6 Å². The zero-order valence-corrected chi connectivity index (χ0v) is 11.8. The lowest BCUT2D eigenvalue weighted by Gasteiger charge is -2.05. The van der Waals surface area contributed by atoms with Crippen LogP contribution in [-0.2, 0) is 19.9 Å². The Morgan fingerprint density at radius 3 is 2.95 bits per heavy atom. The number of nitrogens with zero attached hydrogens (tertiary/aromatic N) is 3. The largest absolute Gasteiger partial charge is 0.395 e. The number of carbonyl (C=O) groups excluding carboxylic acids is 1. The first kappa shape index (κ1) is 13.5. The molecule has 102 valence electrons. The first-order valence-electron chi connectivity index (χ1n) is 6.10. The van der Waals surface area contributed by atoms with E-state index in [9.17, 15) is 4.79 Å². The zero-order valence-electron chi connectivity index (χ0n) is 11.0. The highest BCUT2D eigenvalue weighted by atomic mass is 32.1. The minimum absolute atomic E-state index is 0.192. The standard InChI is InChI=1S/C12H17N5OS/c1-3-9-10(13)11(17(2)16-9)12(18)14-5-4-8-6-19-7-15-8/h6-7H,3-5,13H2,1-2H3,(H,14,18). The van der Waals surface area contributed by atoms with Crippen molar-refractivity contribution < 1.29 is 4.79 Å². The maximum atomic E-state index is 12.1. The van der Waals surface area contributed by atoms with Crippen LogP contribution in [0.1, 0.15) is 28.8 Å². The number of carbonyl (C=O) groups is 1. The molecular weight excluding hydrogens is 262 g/mol. The quantitative estimate of drug-likeness (QED) is 0.854. The average molecular weight is 279 g/mol. The van der Waals surface area contributed by atoms with Crippen LogP contribution in [0.15, 0.2) is 10.9 Å². The third-order valence-electron chi connectivity index (χ3n) is 2.86. The number of aromatic nitrogens is 3. The maximum absolute atomic E-state index is 12.1. The minimum Gasteiger partial charge on any atom is -0.395 e. The molecule has 0 atom stereocenters. The van der Waals surface area contributed by atoms with Crippen molar-refractivity contribution in [3.63, 3.8) is 0 Å². The number of nitrogen functional groups attached to an aromatic ring is 1. The summed E-state index contributed by atoms with van der Waals surface area (Å²) in [7, 11) is 1.73. The fourth-order valence-electron chi connectivity index (χ4n) is 1.88. The van der Waals surface area contributed by atoms with Crippen molar-refractivity contribution in [1.82, 2.24) is 20.1 Å². The van der Waals surface area contributed by atoms with Crippen LogP contribution in [0.2, 0.25) is 0 Å². The van der Waals surface area contributed by atoms with E-state index in [0.29, 0.717) is 30.8 Å². The summed E-state index contributed by atoms with van der Waals surface area (Å²) >= 11 is 1.55. The van der Waals surface area contributed by atoms with Crippen LogP contribution in [0.3, 0.4) is 0 Å².